The van der Waals surface area contributed by atoms with E-state index in [4.69, 9.17) is 20.4 Å². The van der Waals surface area contributed by atoms with Gasteiger partial charge in [0.05, 0.1) is 23.7 Å². The van der Waals surface area contributed by atoms with Gasteiger partial charge in [-0.25, -0.2) is 0 Å². The van der Waals surface area contributed by atoms with E-state index in [0.29, 0.717) is 0 Å². The molecule has 1 aliphatic rings. The Morgan fingerprint density at radius 3 is 0.706 bits per heavy atom. The Labute approximate surface area is 143 Å². The Morgan fingerprint density at radius 2 is 0.647 bits per heavy atom. The second kappa shape index (κ2) is 6.03. The zero-order valence-electron chi connectivity index (χ0n) is 8.73. The predicted octanol–water partition coefficient (Wildman–Crippen LogP) is -1.58. The minimum atomic E-state index is -1.70. The normalized spacial score (nSPS) is 30.6. The van der Waals surface area contributed by atoms with Crippen LogP contribution in [0, 0.1) is 23.7 Å². The van der Waals surface area contributed by atoms with E-state index in [9.17, 15) is 19.2 Å². The van der Waals surface area contributed by atoms with Crippen LogP contribution in [0.25, 0.3) is 0 Å². The molecule has 89 valence electrons. The van der Waals surface area contributed by atoms with Gasteiger partial charge in [-0.2, -0.15) is 0 Å². The Hall–Kier alpha value is -0.315. The van der Waals surface area contributed by atoms with Gasteiger partial charge < -0.3 is 20.4 Å². The molecule has 0 bridgehead atoms. The summed E-state index contributed by atoms with van der Waals surface area (Å²) in [5.74, 6) is -13.2. The van der Waals surface area contributed by atoms with Crippen LogP contribution in [-0.4, -0.2) is 102 Å². The molecule has 0 aromatic carbocycles. The largest absolute Gasteiger partial charge is 0.481 e. The molecule has 0 atom stereocenters. The predicted molar refractivity (Wildman–Crippen MR) is 50.3 cm³/mol. The van der Waals surface area contributed by atoms with E-state index >= 15 is 0 Å². The molecule has 1 fully saturated rings. The summed E-state index contributed by atoms with van der Waals surface area (Å²) in [5, 5.41) is 34.6. The summed E-state index contributed by atoms with van der Waals surface area (Å²) in [7, 11) is 0. The summed E-state index contributed by atoms with van der Waals surface area (Å²) in [6.45, 7) is 0. The molecule has 1 aliphatic carbocycles. The summed E-state index contributed by atoms with van der Waals surface area (Å²) in [6, 6.07) is 0. The molecule has 1 radical (unpaired) electrons. The molecule has 0 heterocycles. The van der Waals surface area contributed by atoms with Gasteiger partial charge in [0.25, 0.3) is 0 Å². The first kappa shape index (κ1) is 16.7. The van der Waals surface area contributed by atoms with E-state index in [1.165, 1.54) is 0 Å². The van der Waals surface area contributed by atoms with Crippen LogP contribution < -0.4 is 0 Å². The third-order valence-corrected chi connectivity index (χ3v) is 2.69. The maximum absolute atomic E-state index is 10.7. The molecule has 8 nitrogen and oxygen atoms in total. The number of rotatable bonds is 4. The molecule has 0 unspecified atom stereocenters. The van der Waals surface area contributed by atoms with Gasteiger partial charge in [0.1, 0.15) is 0 Å². The van der Waals surface area contributed by atoms with E-state index in [1.54, 1.807) is 0 Å². The fraction of sp³-hybridized carbons (Fsp3) is 0.500. The minimum absolute atomic E-state index is 0. The van der Waals surface area contributed by atoms with Gasteiger partial charge in [0, 0.05) is 58.2 Å². The van der Waals surface area contributed by atoms with Gasteiger partial charge in [-0.15, -0.1) is 0 Å². The SMILES string of the molecule is O=C(O)C1C(C(=O)O)C(C(=O)O)C1C(=O)O.[Rb]. The van der Waals surface area contributed by atoms with Gasteiger partial charge in [-0.3, -0.25) is 19.2 Å². The van der Waals surface area contributed by atoms with Crippen LogP contribution in [0.1, 0.15) is 0 Å². The summed E-state index contributed by atoms with van der Waals surface area (Å²) >= 11 is 0. The monoisotopic (exact) mass is 317 g/mol. The van der Waals surface area contributed by atoms with Crippen molar-refractivity contribution in [2.75, 3.05) is 0 Å². The quantitative estimate of drug-likeness (QED) is 0.485. The molecular weight excluding hydrogens is 310 g/mol. The van der Waals surface area contributed by atoms with E-state index in [-0.39, 0.29) is 58.2 Å². The molecule has 0 saturated heterocycles. The molecule has 4 N–H and O–H groups in total. The third-order valence-electron chi connectivity index (χ3n) is 2.69. The first-order chi connectivity index (χ1) is 7.29. The van der Waals surface area contributed by atoms with Crippen LogP contribution in [0.2, 0.25) is 0 Å². The molecule has 0 amide bonds. The van der Waals surface area contributed by atoms with Crippen molar-refractivity contribution in [1.82, 2.24) is 0 Å². The van der Waals surface area contributed by atoms with E-state index in [1.807, 2.05) is 0 Å². The van der Waals surface area contributed by atoms with Gasteiger partial charge in [0.2, 0.25) is 0 Å². The number of hydrogen-bond donors (Lipinski definition) is 4. The molecule has 1 saturated carbocycles. The second-order valence-corrected chi connectivity index (χ2v) is 3.46. The van der Waals surface area contributed by atoms with Crippen molar-refractivity contribution in [3.8, 4) is 0 Å². The first-order valence-electron chi connectivity index (χ1n) is 4.20. The molecule has 0 aliphatic heterocycles. The maximum Gasteiger partial charge on any atom is 0.308 e. The number of carboxylic acid groups (broad SMARTS) is 4. The van der Waals surface area contributed by atoms with Crippen molar-refractivity contribution in [1.29, 1.82) is 0 Å². The van der Waals surface area contributed by atoms with E-state index < -0.39 is 47.5 Å². The van der Waals surface area contributed by atoms with Crippen molar-refractivity contribution in [3.63, 3.8) is 0 Å². The fourth-order valence-corrected chi connectivity index (χ4v) is 1.98. The van der Waals surface area contributed by atoms with Crippen LogP contribution >= 0.6 is 0 Å². The average Bonchev–Trinajstić information content (AvgIpc) is 1.97. The Kier molecular flexibility index (Phi) is 5.92. The Morgan fingerprint density at radius 1 is 0.529 bits per heavy atom. The van der Waals surface area contributed by atoms with Crippen LogP contribution in [0.3, 0.4) is 0 Å². The van der Waals surface area contributed by atoms with Crippen molar-refractivity contribution < 1.29 is 39.6 Å². The zero-order chi connectivity index (χ0) is 12.6. The zero-order valence-corrected chi connectivity index (χ0v) is 13.6. The van der Waals surface area contributed by atoms with Gasteiger partial charge >= 0.3 is 23.9 Å². The van der Waals surface area contributed by atoms with Crippen molar-refractivity contribution >= 4 is 82.1 Å². The van der Waals surface area contributed by atoms with Crippen molar-refractivity contribution in [3.05, 3.63) is 0 Å². The molecule has 0 aromatic rings. The van der Waals surface area contributed by atoms with Crippen LogP contribution in [0.15, 0.2) is 0 Å². The fourth-order valence-electron chi connectivity index (χ4n) is 1.98. The topological polar surface area (TPSA) is 149 Å². The number of carboxylic acids is 4. The first-order valence-corrected chi connectivity index (χ1v) is 4.20. The summed E-state index contributed by atoms with van der Waals surface area (Å²) in [5.41, 5.74) is 0. The Bertz CT molecular complexity index is 298. The summed E-state index contributed by atoms with van der Waals surface area (Å²) in [4.78, 5) is 42.6. The maximum atomic E-state index is 10.7. The molecule has 1 rings (SSSR count). The molecule has 0 spiro atoms. The van der Waals surface area contributed by atoms with Gasteiger partial charge in [0.15, 0.2) is 0 Å². The van der Waals surface area contributed by atoms with Crippen molar-refractivity contribution in [2.45, 2.75) is 0 Å². The third kappa shape index (κ3) is 2.93. The van der Waals surface area contributed by atoms with Gasteiger partial charge in [-0.1, -0.05) is 0 Å². The standard InChI is InChI=1S/C8H8O8.Rb/c9-5(10)1-2(6(11)12)4(8(15)16)3(1)7(13)14;/h1-4H,(H,9,10)(H,11,12)(H,13,14)(H,15,16);. The number of hydrogen-bond acceptors (Lipinski definition) is 4. The minimum Gasteiger partial charge on any atom is -0.481 e. The van der Waals surface area contributed by atoms with Gasteiger partial charge in [-0.05, 0) is 0 Å². The number of carbonyl (C=O) groups is 4. The summed E-state index contributed by atoms with van der Waals surface area (Å²) in [6.07, 6.45) is 0. The average molecular weight is 318 g/mol. The second-order valence-electron chi connectivity index (χ2n) is 3.46. The van der Waals surface area contributed by atoms with Crippen molar-refractivity contribution in [2.24, 2.45) is 23.7 Å². The van der Waals surface area contributed by atoms with Crippen LogP contribution in [-0.2, 0) is 19.2 Å². The summed E-state index contributed by atoms with van der Waals surface area (Å²) < 4.78 is 0. The molecule has 17 heavy (non-hydrogen) atoms. The van der Waals surface area contributed by atoms with Crippen LogP contribution in [0.5, 0.6) is 0 Å². The molecule has 9 heteroatoms. The molecule has 0 aromatic heterocycles. The van der Waals surface area contributed by atoms with Crippen LogP contribution in [0.4, 0.5) is 0 Å². The Balaban J connectivity index is 0.00000256. The molecular formula is C8H8O8Rb. The number of aliphatic carboxylic acids is 4. The smallest absolute Gasteiger partial charge is 0.308 e. The van der Waals surface area contributed by atoms with E-state index in [2.05, 4.69) is 0 Å². The van der Waals surface area contributed by atoms with E-state index in [0.717, 1.165) is 0 Å².